The molecule has 2 heterocycles. The topological polar surface area (TPSA) is 59.3 Å². The molecule has 4 nitrogen and oxygen atoms in total. The Morgan fingerprint density at radius 1 is 1.44 bits per heavy atom. The van der Waals surface area contributed by atoms with Gasteiger partial charge in [-0.25, -0.2) is 0 Å². The first-order chi connectivity index (χ1) is 7.37. The van der Waals surface area contributed by atoms with E-state index in [2.05, 4.69) is 0 Å². The number of fused-ring (bicyclic) bond motifs is 1. The number of hydrogen-bond acceptors (Lipinski definition) is 3. The lowest BCUT2D eigenvalue weighted by atomic mass is 9.86. The van der Waals surface area contributed by atoms with Crippen molar-refractivity contribution < 1.29 is 14.7 Å². The summed E-state index contributed by atoms with van der Waals surface area (Å²) in [5, 5.41) is 9.90. The molecule has 16 heavy (non-hydrogen) atoms. The number of carbonyl (C=O) groups is 2. The molecule has 0 fully saturated rings. The van der Waals surface area contributed by atoms with Crippen molar-refractivity contribution >= 4 is 17.3 Å². The van der Waals surface area contributed by atoms with Gasteiger partial charge in [-0.1, -0.05) is 0 Å². The largest absolute Gasteiger partial charge is 0.505 e. The highest BCUT2D eigenvalue weighted by atomic mass is 16.3. The summed E-state index contributed by atoms with van der Waals surface area (Å²) in [6.45, 7) is 4.75. The van der Waals surface area contributed by atoms with Crippen molar-refractivity contribution in [3.63, 3.8) is 0 Å². The number of allylic oxidation sites excluding steroid dienone is 1. The van der Waals surface area contributed by atoms with Gasteiger partial charge in [-0.15, -0.1) is 0 Å². The van der Waals surface area contributed by atoms with Crippen LogP contribution in [0.4, 0.5) is 0 Å². The number of aromatic nitrogens is 1. The van der Waals surface area contributed by atoms with Crippen molar-refractivity contribution in [2.75, 3.05) is 0 Å². The minimum Gasteiger partial charge on any atom is -0.505 e. The molecule has 1 aliphatic heterocycles. The molecule has 1 N–H and O–H groups in total. The van der Waals surface area contributed by atoms with Crippen LogP contribution >= 0.6 is 0 Å². The summed E-state index contributed by atoms with van der Waals surface area (Å²) in [7, 11) is 0. The number of hydrogen-bond donors (Lipinski definition) is 1. The average molecular weight is 219 g/mol. The van der Waals surface area contributed by atoms with E-state index in [4.69, 9.17) is 0 Å². The molecule has 0 saturated heterocycles. The number of rotatable bonds is 1. The van der Waals surface area contributed by atoms with Crippen LogP contribution in [0.3, 0.4) is 0 Å². The zero-order chi connectivity index (χ0) is 12.1. The Hall–Kier alpha value is -1.84. The highest BCUT2D eigenvalue weighted by Crippen LogP contribution is 2.33. The maximum absolute atomic E-state index is 12.1. The molecule has 0 amide bonds. The molecule has 1 aromatic rings. The zero-order valence-electron chi connectivity index (χ0n) is 9.44. The lowest BCUT2D eigenvalue weighted by molar-refractivity contribution is -0.125. The van der Waals surface area contributed by atoms with Crippen molar-refractivity contribution in [2.45, 2.75) is 26.3 Å². The predicted octanol–water partition coefficient (Wildman–Crippen LogP) is 1.66. The average Bonchev–Trinajstić information content (AvgIpc) is 2.64. The normalized spacial score (nSPS) is 18.6. The first-order valence-electron chi connectivity index (χ1n) is 5.04. The van der Waals surface area contributed by atoms with Gasteiger partial charge in [0.25, 0.3) is 0 Å². The minimum absolute atomic E-state index is 0.101. The summed E-state index contributed by atoms with van der Waals surface area (Å²) in [5.74, 6) is -0.967. The second-order valence-electron chi connectivity index (χ2n) is 4.43. The van der Waals surface area contributed by atoms with Gasteiger partial charge in [0, 0.05) is 6.20 Å². The lowest BCUT2D eigenvalue weighted by Gasteiger charge is -2.32. The smallest absolute Gasteiger partial charge is 0.195 e. The summed E-state index contributed by atoms with van der Waals surface area (Å²) in [6, 6.07) is 3.43. The Balaban J connectivity index is 2.79. The summed E-state index contributed by atoms with van der Waals surface area (Å²) < 4.78 is 1.68. The van der Waals surface area contributed by atoms with E-state index in [1.165, 1.54) is 6.92 Å². The standard InChI is InChI=1S/C12H13NO3/c1-7(14)9-10(15)8-5-4-6-13(8)12(2,3)11(9)16/h4-6,15H,1-3H3. The van der Waals surface area contributed by atoms with Gasteiger partial charge in [-0.3, -0.25) is 9.59 Å². The fraction of sp³-hybridized carbons (Fsp3) is 0.333. The van der Waals surface area contributed by atoms with Crippen LogP contribution in [0, 0.1) is 0 Å². The molecule has 2 rings (SSSR count). The van der Waals surface area contributed by atoms with E-state index in [-0.39, 0.29) is 17.1 Å². The van der Waals surface area contributed by atoms with Crippen LogP contribution in [0.15, 0.2) is 23.9 Å². The van der Waals surface area contributed by atoms with Gasteiger partial charge in [0.15, 0.2) is 17.3 Å². The highest BCUT2D eigenvalue weighted by molar-refractivity contribution is 6.26. The molecule has 0 bridgehead atoms. The maximum atomic E-state index is 12.1. The molecule has 0 aromatic carbocycles. The first-order valence-corrected chi connectivity index (χ1v) is 5.04. The van der Waals surface area contributed by atoms with E-state index < -0.39 is 11.3 Å². The molecule has 1 aromatic heterocycles. The number of aliphatic hydroxyl groups excluding tert-OH is 1. The quantitative estimate of drug-likeness (QED) is 0.731. The van der Waals surface area contributed by atoms with Crippen molar-refractivity contribution in [2.24, 2.45) is 0 Å². The third-order valence-electron chi connectivity index (χ3n) is 2.97. The van der Waals surface area contributed by atoms with E-state index in [0.29, 0.717) is 5.69 Å². The zero-order valence-corrected chi connectivity index (χ0v) is 9.44. The monoisotopic (exact) mass is 219 g/mol. The van der Waals surface area contributed by atoms with E-state index in [0.717, 1.165) is 0 Å². The second-order valence-corrected chi connectivity index (χ2v) is 4.43. The van der Waals surface area contributed by atoms with E-state index in [1.807, 2.05) is 0 Å². The summed E-state index contributed by atoms with van der Waals surface area (Å²) in [5.41, 5.74) is -0.419. The van der Waals surface area contributed by atoms with Crippen molar-refractivity contribution in [1.82, 2.24) is 4.57 Å². The Bertz CT molecular complexity index is 520. The molecular weight excluding hydrogens is 206 g/mol. The molecule has 84 valence electrons. The van der Waals surface area contributed by atoms with Gasteiger partial charge < -0.3 is 9.67 Å². The van der Waals surface area contributed by atoms with Gasteiger partial charge in [0.05, 0.1) is 5.69 Å². The molecule has 0 spiro atoms. The van der Waals surface area contributed by atoms with Gasteiger partial charge in [-0.05, 0) is 32.9 Å². The van der Waals surface area contributed by atoms with Crippen LogP contribution in [0.2, 0.25) is 0 Å². The van der Waals surface area contributed by atoms with Gasteiger partial charge >= 0.3 is 0 Å². The lowest BCUT2D eigenvalue weighted by Crippen LogP contribution is -2.42. The van der Waals surface area contributed by atoms with Gasteiger partial charge in [0.1, 0.15) is 11.1 Å². The summed E-state index contributed by atoms with van der Waals surface area (Å²) in [6.07, 6.45) is 1.72. The molecular formula is C12H13NO3. The number of Topliss-reactive ketones (excluding diaryl/α,β-unsaturated/α-hetero) is 2. The molecule has 0 saturated carbocycles. The van der Waals surface area contributed by atoms with E-state index >= 15 is 0 Å². The minimum atomic E-state index is -0.827. The Labute approximate surface area is 93.2 Å². The number of ketones is 2. The summed E-state index contributed by atoms with van der Waals surface area (Å²) >= 11 is 0. The molecule has 1 aliphatic rings. The molecule has 0 aliphatic carbocycles. The van der Waals surface area contributed by atoms with Crippen LogP contribution < -0.4 is 0 Å². The predicted molar refractivity (Wildman–Crippen MR) is 59.0 cm³/mol. The Kier molecular flexibility index (Phi) is 2.05. The van der Waals surface area contributed by atoms with Gasteiger partial charge in [-0.2, -0.15) is 0 Å². The van der Waals surface area contributed by atoms with Crippen molar-refractivity contribution in [3.05, 3.63) is 29.6 Å². The van der Waals surface area contributed by atoms with Crippen LogP contribution in [0.1, 0.15) is 26.5 Å². The van der Waals surface area contributed by atoms with Crippen molar-refractivity contribution in [1.29, 1.82) is 0 Å². The van der Waals surface area contributed by atoms with E-state index in [9.17, 15) is 14.7 Å². The van der Waals surface area contributed by atoms with Crippen LogP contribution in [0.25, 0.3) is 5.76 Å². The molecule has 0 unspecified atom stereocenters. The third-order valence-corrected chi connectivity index (χ3v) is 2.97. The third kappa shape index (κ3) is 1.16. The fourth-order valence-electron chi connectivity index (χ4n) is 2.04. The highest BCUT2D eigenvalue weighted by Gasteiger charge is 2.41. The molecule has 0 atom stereocenters. The second kappa shape index (κ2) is 3.07. The number of nitrogens with zero attached hydrogens (tertiary/aromatic N) is 1. The Morgan fingerprint density at radius 3 is 2.62 bits per heavy atom. The van der Waals surface area contributed by atoms with Gasteiger partial charge in [0.2, 0.25) is 0 Å². The first kappa shape index (κ1) is 10.7. The fourth-order valence-corrected chi connectivity index (χ4v) is 2.04. The molecule has 0 radical (unpaired) electrons. The Morgan fingerprint density at radius 2 is 2.06 bits per heavy atom. The van der Waals surface area contributed by atoms with Crippen LogP contribution in [0.5, 0.6) is 0 Å². The summed E-state index contributed by atoms with van der Waals surface area (Å²) in [4.78, 5) is 23.5. The van der Waals surface area contributed by atoms with Crippen LogP contribution in [-0.4, -0.2) is 21.2 Å². The number of aliphatic hydroxyl groups is 1. The molecule has 4 heteroatoms. The SMILES string of the molecule is CC(=O)C1=C(O)c2cccn2C(C)(C)C1=O. The maximum Gasteiger partial charge on any atom is 0.195 e. The van der Waals surface area contributed by atoms with E-state index in [1.54, 1.807) is 36.7 Å². The van der Waals surface area contributed by atoms with Crippen molar-refractivity contribution in [3.8, 4) is 0 Å². The number of carbonyl (C=O) groups excluding carboxylic acids is 2. The van der Waals surface area contributed by atoms with Crippen LogP contribution in [-0.2, 0) is 15.1 Å².